The number of benzene rings is 2. The number of halogens is 2. The Balaban J connectivity index is 0.00000192. The molecule has 1 aromatic heterocycles. The number of fused-ring (bicyclic) bond motifs is 1. The van der Waals surface area contributed by atoms with Crippen LogP contribution in [-0.4, -0.2) is 18.6 Å². The predicted octanol–water partition coefficient (Wildman–Crippen LogP) is 4.85. The predicted molar refractivity (Wildman–Crippen MR) is 105 cm³/mol. The van der Waals surface area contributed by atoms with E-state index in [0.717, 1.165) is 35.3 Å². The molecule has 3 aromatic rings. The van der Waals surface area contributed by atoms with E-state index in [2.05, 4.69) is 62.8 Å². The van der Waals surface area contributed by atoms with Gasteiger partial charge in [0.1, 0.15) is 5.75 Å². The molecular weight excluding hydrogens is 420 g/mol. The van der Waals surface area contributed by atoms with Crippen LogP contribution < -0.4 is 10.1 Å². The summed E-state index contributed by atoms with van der Waals surface area (Å²) in [6.45, 7) is 1.72. The van der Waals surface area contributed by atoms with Gasteiger partial charge >= 0.3 is 0 Å². The summed E-state index contributed by atoms with van der Waals surface area (Å²) in [4.78, 5) is 3.32. The third-order valence-corrected chi connectivity index (χ3v) is 4.30. The molecule has 3 rings (SSSR count). The van der Waals surface area contributed by atoms with Gasteiger partial charge in [0.05, 0.1) is 7.11 Å². The molecule has 0 amide bonds. The first-order chi connectivity index (χ1) is 10.8. The summed E-state index contributed by atoms with van der Waals surface area (Å²) in [5.41, 5.74) is 3.71. The molecule has 3 nitrogen and oxygen atoms in total. The summed E-state index contributed by atoms with van der Waals surface area (Å²) >= 11 is 3.51. The minimum atomic E-state index is 0. The fourth-order valence-corrected chi connectivity index (χ4v) is 3.08. The van der Waals surface area contributed by atoms with Gasteiger partial charge in [0.15, 0.2) is 0 Å². The molecule has 0 fully saturated rings. The van der Waals surface area contributed by atoms with E-state index in [0.29, 0.717) is 0 Å². The lowest BCUT2D eigenvalue weighted by Crippen LogP contribution is -2.17. The van der Waals surface area contributed by atoms with Gasteiger partial charge in [-0.25, -0.2) is 0 Å². The number of ether oxygens (including phenoxy) is 1. The molecule has 1 heterocycles. The zero-order chi connectivity index (χ0) is 15.4. The molecule has 0 aliphatic rings. The van der Waals surface area contributed by atoms with Crippen molar-refractivity contribution in [2.45, 2.75) is 13.0 Å². The quantitative estimate of drug-likeness (QED) is 0.538. The number of hydrogen-bond donors (Lipinski definition) is 2. The Bertz CT molecular complexity index is 771. The Kier molecular flexibility index (Phi) is 6.69. The molecule has 0 radical (unpaired) electrons. The van der Waals surface area contributed by atoms with E-state index in [9.17, 15) is 0 Å². The second-order valence-electron chi connectivity index (χ2n) is 5.24. The zero-order valence-corrected chi connectivity index (χ0v) is 16.2. The molecule has 122 valence electrons. The van der Waals surface area contributed by atoms with Crippen LogP contribution in [0.4, 0.5) is 0 Å². The van der Waals surface area contributed by atoms with E-state index in [4.69, 9.17) is 4.74 Å². The lowest BCUT2D eigenvalue weighted by atomic mass is 10.1. The number of aromatic nitrogens is 1. The maximum atomic E-state index is 5.40. The average molecular weight is 440 g/mol. The van der Waals surface area contributed by atoms with Crippen LogP contribution in [0, 0.1) is 0 Å². The normalized spacial score (nSPS) is 10.5. The van der Waals surface area contributed by atoms with Crippen molar-refractivity contribution >= 4 is 43.8 Å². The molecule has 2 N–H and O–H groups in total. The molecule has 0 spiro atoms. The highest BCUT2D eigenvalue weighted by molar-refractivity contribution is 9.10. The van der Waals surface area contributed by atoms with Crippen LogP contribution in [0.2, 0.25) is 0 Å². The van der Waals surface area contributed by atoms with E-state index in [1.807, 2.05) is 12.1 Å². The molecule has 0 bridgehead atoms. The standard InChI is InChI=1S/C18H19BrN2O.BrH/c1-22-18-7-6-15(19)10-14(18)11-20-9-8-13-12-21-17-5-3-2-4-16(13)17;/h2-7,10,12,20-21H,8-9,11H2,1H3;1H. The summed E-state index contributed by atoms with van der Waals surface area (Å²) in [5, 5.41) is 4.80. The van der Waals surface area contributed by atoms with Crippen molar-refractivity contribution in [2.24, 2.45) is 0 Å². The van der Waals surface area contributed by atoms with Crippen molar-refractivity contribution < 1.29 is 4.74 Å². The maximum absolute atomic E-state index is 5.40. The summed E-state index contributed by atoms with van der Waals surface area (Å²) in [6.07, 6.45) is 3.10. The summed E-state index contributed by atoms with van der Waals surface area (Å²) in [5.74, 6) is 0.919. The van der Waals surface area contributed by atoms with Crippen LogP contribution in [0.15, 0.2) is 53.1 Å². The topological polar surface area (TPSA) is 37.0 Å². The van der Waals surface area contributed by atoms with Gasteiger partial charge in [-0.1, -0.05) is 34.1 Å². The monoisotopic (exact) mass is 438 g/mol. The van der Waals surface area contributed by atoms with Crippen LogP contribution >= 0.6 is 32.9 Å². The second-order valence-corrected chi connectivity index (χ2v) is 6.16. The highest BCUT2D eigenvalue weighted by Crippen LogP contribution is 2.23. The van der Waals surface area contributed by atoms with Crippen LogP contribution in [0.25, 0.3) is 10.9 Å². The van der Waals surface area contributed by atoms with Crippen molar-refractivity contribution in [1.29, 1.82) is 0 Å². The van der Waals surface area contributed by atoms with Crippen molar-refractivity contribution in [2.75, 3.05) is 13.7 Å². The van der Waals surface area contributed by atoms with Gasteiger partial charge in [-0.15, -0.1) is 17.0 Å². The van der Waals surface area contributed by atoms with Crippen LogP contribution in [0.1, 0.15) is 11.1 Å². The number of nitrogens with one attached hydrogen (secondary N) is 2. The lowest BCUT2D eigenvalue weighted by Gasteiger charge is -2.10. The fourth-order valence-electron chi connectivity index (χ4n) is 2.67. The zero-order valence-electron chi connectivity index (χ0n) is 12.9. The third kappa shape index (κ3) is 4.37. The van der Waals surface area contributed by atoms with E-state index < -0.39 is 0 Å². The molecule has 0 aliphatic carbocycles. The Morgan fingerprint density at radius 1 is 1.13 bits per heavy atom. The highest BCUT2D eigenvalue weighted by Gasteiger charge is 2.05. The van der Waals surface area contributed by atoms with Crippen molar-refractivity contribution in [3.8, 4) is 5.75 Å². The molecule has 0 saturated carbocycles. The SMILES string of the molecule is Br.COc1ccc(Br)cc1CNCCc1c[nH]c2ccccc12. The minimum absolute atomic E-state index is 0. The van der Waals surface area contributed by atoms with Crippen molar-refractivity contribution in [3.05, 3.63) is 64.3 Å². The summed E-state index contributed by atoms with van der Waals surface area (Å²) in [7, 11) is 1.71. The Labute approximate surface area is 155 Å². The average Bonchev–Trinajstić information content (AvgIpc) is 2.95. The minimum Gasteiger partial charge on any atom is -0.496 e. The molecular formula is C18H20Br2N2O. The van der Waals surface area contributed by atoms with E-state index in [1.165, 1.54) is 16.5 Å². The second kappa shape index (κ2) is 8.52. The largest absolute Gasteiger partial charge is 0.496 e. The van der Waals surface area contributed by atoms with Crippen LogP contribution in [0.3, 0.4) is 0 Å². The number of aromatic amines is 1. The Morgan fingerprint density at radius 2 is 1.96 bits per heavy atom. The Morgan fingerprint density at radius 3 is 2.78 bits per heavy atom. The van der Waals surface area contributed by atoms with Gasteiger partial charge in [0, 0.05) is 33.7 Å². The van der Waals surface area contributed by atoms with Gasteiger partial charge in [-0.2, -0.15) is 0 Å². The molecule has 0 aliphatic heterocycles. The summed E-state index contributed by atoms with van der Waals surface area (Å²) in [6, 6.07) is 14.5. The fraction of sp³-hybridized carbons (Fsp3) is 0.222. The van der Waals surface area contributed by atoms with Gasteiger partial charge in [-0.3, -0.25) is 0 Å². The lowest BCUT2D eigenvalue weighted by molar-refractivity contribution is 0.407. The number of rotatable bonds is 6. The molecule has 0 atom stereocenters. The van der Waals surface area contributed by atoms with E-state index in [-0.39, 0.29) is 17.0 Å². The van der Waals surface area contributed by atoms with Crippen molar-refractivity contribution in [1.82, 2.24) is 10.3 Å². The molecule has 0 saturated heterocycles. The smallest absolute Gasteiger partial charge is 0.123 e. The third-order valence-electron chi connectivity index (χ3n) is 3.80. The molecule has 0 unspecified atom stereocenters. The van der Waals surface area contributed by atoms with Crippen LogP contribution in [-0.2, 0) is 13.0 Å². The first-order valence-corrected chi connectivity index (χ1v) is 8.15. The van der Waals surface area contributed by atoms with Crippen LogP contribution in [0.5, 0.6) is 5.75 Å². The summed E-state index contributed by atoms with van der Waals surface area (Å²) < 4.78 is 6.47. The van der Waals surface area contributed by atoms with Gasteiger partial charge in [-0.05, 0) is 42.8 Å². The Hall–Kier alpha value is -1.30. The highest BCUT2D eigenvalue weighted by atomic mass is 79.9. The van der Waals surface area contributed by atoms with Gasteiger partial charge in [0.2, 0.25) is 0 Å². The molecule has 23 heavy (non-hydrogen) atoms. The molecule has 5 heteroatoms. The first-order valence-electron chi connectivity index (χ1n) is 7.36. The number of para-hydroxylation sites is 1. The van der Waals surface area contributed by atoms with Gasteiger partial charge < -0.3 is 15.0 Å². The number of H-pyrrole nitrogens is 1. The first kappa shape index (κ1) is 18.0. The van der Waals surface area contributed by atoms with E-state index >= 15 is 0 Å². The number of methoxy groups -OCH3 is 1. The molecule has 2 aromatic carbocycles. The van der Waals surface area contributed by atoms with Crippen molar-refractivity contribution in [3.63, 3.8) is 0 Å². The van der Waals surface area contributed by atoms with E-state index in [1.54, 1.807) is 7.11 Å². The maximum Gasteiger partial charge on any atom is 0.123 e. The van der Waals surface area contributed by atoms with Gasteiger partial charge in [0.25, 0.3) is 0 Å². The number of hydrogen-bond acceptors (Lipinski definition) is 2.